The van der Waals surface area contributed by atoms with Crippen LogP contribution in [0.2, 0.25) is 0 Å². The molecule has 1 heterocycles. The molecule has 0 bridgehead atoms. The number of ether oxygens (including phenoxy) is 2. The molecule has 3 nitrogen and oxygen atoms in total. The molecule has 0 saturated carbocycles. The predicted octanol–water partition coefficient (Wildman–Crippen LogP) is 2.63. The highest BCUT2D eigenvalue weighted by Gasteiger charge is 2.18. The van der Waals surface area contributed by atoms with E-state index in [0.29, 0.717) is 12.2 Å². The first-order valence-corrected chi connectivity index (χ1v) is 6.36. The molecule has 0 N–H and O–H groups in total. The molecule has 1 atom stereocenters. The molecule has 1 aliphatic heterocycles. The molecule has 1 saturated heterocycles. The fourth-order valence-corrected chi connectivity index (χ4v) is 2.49. The molecule has 16 heavy (non-hydrogen) atoms. The monoisotopic (exact) mass is 238 g/mol. The second-order valence-corrected chi connectivity index (χ2v) is 4.59. The van der Waals surface area contributed by atoms with Gasteiger partial charge in [0, 0.05) is 5.75 Å². The summed E-state index contributed by atoms with van der Waals surface area (Å²) in [5, 5.41) is 0. The van der Waals surface area contributed by atoms with Gasteiger partial charge in [-0.2, -0.15) is 0 Å². The summed E-state index contributed by atoms with van der Waals surface area (Å²) in [6.07, 6.45) is 0. The Labute approximate surface area is 99.1 Å². The van der Waals surface area contributed by atoms with Gasteiger partial charge in [0.05, 0.1) is 18.8 Å². The van der Waals surface area contributed by atoms with Crippen LogP contribution in [-0.4, -0.2) is 24.9 Å². The Kier molecular flexibility index (Phi) is 3.85. The lowest BCUT2D eigenvalue weighted by Crippen LogP contribution is -2.04. The number of esters is 1. The van der Waals surface area contributed by atoms with E-state index in [1.165, 1.54) is 0 Å². The molecule has 0 spiro atoms. The Bertz CT molecular complexity index is 355. The standard InChI is InChI=1S/C12H14O3S/c1-2-14-11(13)9-3-5-10(6-4-9)12-15-7-8-16-12/h3-6,12H,2,7-8H2,1H3. The van der Waals surface area contributed by atoms with Crippen LogP contribution in [0.4, 0.5) is 0 Å². The third-order valence-corrected chi connectivity index (χ3v) is 3.43. The van der Waals surface area contributed by atoms with E-state index >= 15 is 0 Å². The molecule has 0 radical (unpaired) electrons. The molecular weight excluding hydrogens is 224 g/mol. The van der Waals surface area contributed by atoms with E-state index in [1.807, 2.05) is 12.1 Å². The summed E-state index contributed by atoms with van der Waals surface area (Å²) in [4.78, 5) is 11.4. The predicted molar refractivity (Wildman–Crippen MR) is 63.5 cm³/mol. The molecule has 1 aromatic carbocycles. The lowest BCUT2D eigenvalue weighted by atomic mass is 10.1. The summed E-state index contributed by atoms with van der Waals surface area (Å²) in [5.74, 6) is 0.763. The van der Waals surface area contributed by atoms with Crippen LogP contribution in [-0.2, 0) is 9.47 Å². The van der Waals surface area contributed by atoms with Crippen molar-refractivity contribution in [1.82, 2.24) is 0 Å². The summed E-state index contributed by atoms with van der Waals surface area (Å²) >= 11 is 1.78. The lowest BCUT2D eigenvalue weighted by Gasteiger charge is -2.09. The van der Waals surface area contributed by atoms with Gasteiger partial charge in [0.2, 0.25) is 0 Å². The van der Waals surface area contributed by atoms with Gasteiger partial charge in [-0.15, -0.1) is 11.8 Å². The van der Waals surface area contributed by atoms with Crippen LogP contribution in [0.15, 0.2) is 24.3 Å². The van der Waals surface area contributed by atoms with Crippen molar-refractivity contribution in [1.29, 1.82) is 0 Å². The van der Waals surface area contributed by atoms with Crippen molar-refractivity contribution in [2.45, 2.75) is 12.4 Å². The molecule has 0 aromatic heterocycles. The normalized spacial score (nSPS) is 19.7. The minimum atomic E-state index is -0.269. The molecule has 1 aromatic rings. The van der Waals surface area contributed by atoms with Crippen molar-refractivity contribution in [3.05, 3.63) is 35.4 Å². The third-order valence-electron chi connectivity index (χ3n) is 2.32. The van der Waals surface area contributed by atoms with E-state index in [-0.39, 0.29) is 11.4 Å². The maximum absolute atomic E-state index is 11.4. The first kappa shape index (κ1) is 11.5. The highest BCUT2D eigenvalue weighted by Crippen LogP contribution is 2.34. The van der Waals surface area contributed by atoms with Crippen LogP contribution in [0.1, 0.15) is 28.3 Å². The molecule has 2 rings (SSSR count). The number of thioether (sulfide) groups is 1. The smallest absolute Gasteiger partial charge is 0.338 e. The van der Waals surface area contributed by atoms with Crippen molar-refractivity contribution >= 4 is 17.7 Å². The van der Waals surface area contributed by atoms with Crippen LogP contribution in [0.25, 0.3) is 0 Å². The molecule has 1 fully saturated rings. The van der Waals surface area contributed by atoms with E-state index in [9.17, 15) is 4.79 Å². The first-order chi connectivity index (χ1) is 7.81. The molecule has 4 heteroatoms. The van der Waals surface area contributed by atoms with Crippen molar-refractivity contribution in [3.8, 4) is 0 Å². The summed E-state index contributed by atoms with van der Waals surface area (Å²) in [5.41, 5.74) is 1.82. The van der Waals surface area contributed by atoms with Crippen molar-refractivity contribution < 1.29 is 14.3 Å². The van der Waals surface area contributed by atoms with E-state index in [0.717, 1.165) is 17.9 Å². The zero-order valence-corrected chi connectivity index (χ0v) is 9.96. The number of rotatable bonds is 3. The van der Waals surface area contributed by atoms with Gasteiger partial charge in [-0.1, -0.05) is 12.1 Å². The molecule has 0 aliphatic carbocycles. The number of carbonyl (C=O) groups excluding carboxylic acids is 1. The second kappa shape index (κ2) is 5.37. The van der Waals surface area contributed by atoms with Crippen LogP contribution in [0.5, 0.6) is 0 Å². The fraction of sp³-hybridized carbons (Fsp3) is 0.417. The second-order valence-electron chi connectivity index (χ2n) is 3.42. The fourth-order valence-electron chi connectivity index (χ4n) is 1.54. The van der Waals surface area contributed by atoms with Crippen molar-refractivity contribution in [2.24, 2.45) is 0 Å². The molecule has 1 aliphatic rings. The lowest BCUT2D eigenvalue weighted by molar-refractivity contribution is 0.0526. The zero-order chi connectivity index (χ0) is 11.4. The summed E-state index contributed by atoms with van der Waals surface area (Å²) in [7, 11) is 0. The van der Waals surface area contributed by atoms with Crippen LogP contribution >= 0.6 is 11.8 Å². The van der Waals surface area contributed by atoms with Gasteiger partial charge >= 0.3 is 5.97 Å². The average Bonchev–Trinajstić information content (AvgIpc) is 2.83. The Morgan fingerprint density at radius 2 is 2.25 bits per heavy atom. The molecule has 86 valence electrons. The van der Waals surface area contributed by atoms with E-state index in [1.54, 1.807) is 30.8 Å². The highest BCUT2D eigenvalue weighted by molar-refractivity contribution is 7.99. The molecule has 0 amide bonds. The average molecular weight is 238 g/mol. The Balaban J connectivity index is 2.06. The minimum absolute atomic E-state index is 0.122. The quantitative estimate of drug-likeness (QED) is 0.758. The third kappa shape index (κ3) is 2.57. The van der Waals surface area contributed by atoms with Gasteiger partial charge in [-0.3, -0.25) is 0 Å². The summed E-state index contributed by atoms with van der Waals surface area (Å²) in [6, 6.07) is 7.43. The zero-order valence-electron chi connectivity index (χ0n) is 9.14. The van der Waals surface area contributed by atoms with E-state index in [2.05, 4.69) is 0 Å². The topological polar surface area (TPSA) is 35.5 Å². The molecular formula is C12H14O3S. The largest absolute Gasteiger partial charge is 0.462 e. The summed E-state index contributed by atoms with van der Waals surface area (Å²) < 4.78 is 10.5. The molecule has 1 unspecified atom stereocenters. The van der Waals surface area contributed by atoms with Crippen molar-refractivity contribution in [2.75, 3.05) is 19.0 Å². The maximum Gasteiger partial charge on any atom is 0.338 e. The van der Waals surface area contributed by atoms with E-state index in [4.69, 9.17) is 9.47 Å². The Morgan fingerprint density at radius 1 is 1.50 bits per heavy atom. The Hall–Kier alpha value is -1.00. The van der Waals surface area contributed by atoms with Gasteiger partial charge in [0.25, 0.3) is 0 Å². The Morgan fingerprint density at radius 3 is 2.81 bits per heavy atom. The van der Waals surface area contributed by atoms with Gasteiger partial charge in [0.15, 0.2) is 0 Å². The van der Waals surface area contributed by atoms with Crippen LogP contribution in [0.3, 0.4) is 0 Å². The van der Waals surface area contributed by atoms with Gasteiger partial charge in [0.1, 0.15) is 5.44 Å². The maximum atomic E-state index is 11.4. The number of benzene rings is 1. The first-order valence-electron chi connectivity index (χ1n) is 5.31. The SMILES string of the molecule is CCOC(=O)c1ccc(C2OCCS2)cc1. The summed E-state index contributed by atoms with van der Waals surface area (Å²) in [6.45, 7) is 3.01. The van der Waals surface area contributed by atoms with Gasteiger partial charge in [-0.25, -0.2) is 4.79 Å². The van der Waals surface area contributed by atoms with Crippen LogP contribution in [0, 0.1) is 0 Å². The number of carbonyl (C=O) groups is 1. The van der Waals surface area contributed by atoms with Crippen molar-refractivity contribution in [3.63, 3.8) is 0 Å². The van der Waals surface area contributed by atoms with Gasteiger partial charge < -0.3 is 9.47 Å². The number of hydrogen-bond acceptors (Lipinski definition) is 4. The van der Waals surface area contributed by atoms with Gasteiger partial charge in [-0.05, 0) is 24.6 Å². The van der Waals surface area contributed by atoms with E-state index < -0.39 is 0 Å². The minimum Gasteiger partial charge on any atom is -0.462 e. The number of hydrogen-bond donors (Lipinski definition) is 0. The van der Waals surface area contributed by atoms with Crippen LogP contribution < -0.4 is 0 Å². The highest BCUT2D eigenvalue weighted by atomic mass is 32.2.